The third-order valence-electron chi connectivity index (χ3n) is 6.42. The monoisotopic (exact) mass is 613 g/mol. The molecule has 232 valence electrons. The van der Waals surface area contributed by atoms with Crippen molar-refractivity contribution in [2.45, 2.75) is 52.2 Å². The van der Waals surface area contributed by atoms with Gasteiger partial charge in [0.15, 0.2) is 5.82 Å². The minimum atomic E-state index is -5.08. The molecule has 2 heterocycles. The van der Waals surface area contributed by atoms with Gasteiger partial charge in [0.2, 0.25) is 0 Å². The van der Waals surface area contributed by atoms with Crippen LogP contribution in [0, 0.1) is 12.8 Å². The molecule has 0 fully saturated rings. The third-order valence-corrected chi connectivity index (χ3v) is 6.42. The van der Waals surface area contributed by atoms with Crippen LogP contribution in [0.25, 0.3) is 11.4 Å². The Hall–Kier alpha value is -4.20. The highest BCUT2D eigenvalue weighted by molar-refractivity contribution is 5.73. The summed E-state index contributed by atoms with van der Waals surface area (Å²) in [5, 5.41) is 16.1. The molecule has 14 heteroatoms. The van der Waals surface area contributed by atoms with E-state index in [1.54, 1.807) is 31.2 Å². The van der Waals surface area contributed by atoms with Crippen molar-refractivity contribution in [3.63, 3.8) is 0 Å². The topological polar surface area (TPSA) is 113 Å². The lowest BCUT2D eigenvalue weighted by atomic mass is 10.0. The number of aryl methyl sites for hydroxylation is 1. The summed E-state index contributed by atoms with van der Waals surface area (Å²) in [5.41, 5.74) is 2.93. The normalized spacial score (nSPS) is 14.2. The second kappa shape index (κ2) is 13.8. The average Bonchev–Trinajstić information content (AvgIpc) is 2.90. The van der Waals surface area contributed by atoms with E-state index < -0.39 is 29.9 Å². The first kappa shape index (κ1) is 33.3. The molecule has 1 aliphatic rings. The Morgan fingerprint density at radius 1 is 1.05 bits per heavy atom. The van der Waals surface area contributed by atoms with Crippen LogP contribution in [-0.4, -0.2) is 56.3 Å². The molecule has 0 amide bonds. The highest BCUT2D eigenvalue weighted by Crippen LogP contribution is 2.33. The minimum Gasteiger partial charge on any atom is -0.489 e. The molecule has 2 aromatic carbocycles. The zero-order valence-corrected chi connectivity index (χ0v) is 23.2. The molecule has 0 saturated heterocycles. The Labute approximate surface area is 243 Å². The number of nitrogens with zero attached hydrogens (tertiary/aromatic N) is 3. The van der Waals surface area contributed by atoms with Crippen molar-refractivity contribution in [3.05, 3.63) is 76.6 Å². The van der Waals surface area contributed by atoms with Gasteiger partial charge in [0.05, 0.1) is 11.3 Å². The van der Waals surface area contributed by atoms with Crippen LogP contribution >= 0.6 is 0 Å². The summed E-state index contributed by atoms with van der Waals surface area (Å²) in [4.78, 5) is 31.3. The van der Waals surface area contributed by atoms with Gasteiger partial charge in [-0.25, -0.2) is 14.8 Å². The van der Waals surface area contributed by atoms with Gasteiger partial charge >= 0.3 is 24.3 Å². The van der Waals surface area contributed by atoms with Crippen LogP contribution in [0.4, 0.5) is 26.3 Å². The standard InChI is InChI=1S/C27H28F3N3O3.C2HF3O2/c1-17-3-8-23(27(28,29)30)20(11-17)16-36-22-6-4-19(5-7-22)26-31-13-21-15-33(10-9-24(21)32-26)14-18(2)12-25(34)35;3-2(4,5)1(6)7/h3-8,11,13,18H,9-10,12,14-16H2,1-2H3,(H,34,35);(H,6,7). The third kappa shape index (κ3) is 9.94. The van der Waals surface area contributed by atoms with E-state index in [0.29, 0.717) is 24.7 Å². The van der Waals surface area contributed by atoms with E-state index in [0.717, 1.165) is 41.4 Å². The Morgan fingerprint density at radius 3 is 2.28 bits per heavy atom. The quantitative estimate of drug-likeness (QED) is 0.291. The molecule has 1 atom stereocenters. The number of benzene rings is 2. The second-order valence-electron chi connectivity index (χ2n) is 10.1. The van der Waals surface area contributed by atoms with Crippen molar-refractivity contribution >= 4 is 11.9 Å². The summed E-state index contributed by atoms with van der Waals surface area (Å²) < 4.78 is 77.3. The molecule has 2 N–H and O–H groups in total. The van der Waals surface area contributed by atoms with Crippen LogP contribution in [-0.2, 0) is 35.3 Å². The van der Waals surface area contributed by atoms with E-state index in [4.69, 9.17) is 24.7 Å². The molecule has 0 radical (unpaired) electrons. The largest absolute Gasteiger partial charge is 0.490 e. The van der Waals surface area contributed by atoms with Gasteiger partial charge in [0.25, 0.3) is 0 Å². The first-order valence-electron chi connectivity index (χ1n) is 13.0. The van der Waals surface area contributed by atoms with Crippen molar-refractivity contribution in [1.29, 1.82) is 0 Å². The molecule has 43 heavy (non-hydrogen) atoms. The van der Waals surface area contributed by atoms with Crippen molar-refractivity contribution in [2.75, 3.05) is 13.1 Å². The fourth-order valence-corrected chi connectivity index (χ4v) is 4.45. The number of carboxylic acid groups (broad SMARTS) is 2. The Bertz CT molecular complexity index is 1430. The predicted octanol–water partition coefficient (Wildman–Crippen LogP) is 6.15. The Morgan fingerprint density at radius 2 is 1.70 bits per heavy atom. The molecule has 0 bridgehead atoms. The summed E-state index contributed by atoms with van der Waals surface area (Å²) in [5.74, 6) is -2.45. The summed E-state index contributed by atoms with van der Waals surface area (Å²) >= 11 is 0. The molecular formula is C29H29F6N3O5. The number of hydrogen-bond acceptors (Lipinski definition) is 6. The molecule has 0 saturated carbocycles. The van der Waals surface area contributed by atoms with E-state index in [2.05, 4.69) is 9.88 Å². The molecule has 0 aliphatic carbocycles. The molecule has 1 aromatic heterocycles. The van der Waals surface area contributed by atoms with Crippen LogP contribution in [0.3, 0.4) is 0 Å². The molecule has 3 aromatic rings. The lowest BCUT2D eigenvalue weighted by Gasteiger charge is -2.29. The van der Waals surface area contributed by atoms with E-state index in [9.17, 15) is 31.1 Å². The number of aliphatic carboxylic acids is 2. The maximum atomic E-state index is 13.3. The SMILES string of the molecule is Cc1ccc(C(F)(F)F)c(COc2ccc(-c3ncc4c(n3)CCN(CC(C)CC(=O)O)C4)cc2)c1.O=C(O)C(F)(F)F. The number of carbonyl (C=O) groups is 2. The van der Waals surface area contributed by atoms with Gasteiger partial charge < -0.3 is 14.9 Å². The lowest BCUT2D eigenvalue weighted by molar-refractivity contribution is -0.192. The first-order chi connectivity index (χ1) is 20.0. The van der Waals surface area contributed by atoms with Crippen molar-refractivity contribution in [2.24, 2.45) is 5.92 Å². The fraction of sp³-hybridized carbons (Fsp3) is 0.379. The number of aromatic nitrogens is 2. The molecular weight excluding hydrogens is 584 g/mol. The number of fused-ring (bicyclic) bond motifs is 1. The number of halogens is 6. The summed E-state index contributed by atoms with van der Waals surface area (Å²) in [6.45, 7) is 5.69. The highest BCUT2D eigenvalue weighted by Gasteiger charge is 2.38. The van der Waals surface area contributed by atoms with Crippen LogP contribution in [0.1, 0.15) is 41.3 Å². The molecule has 4 rings (SSSR count). The van der Waals surface area contributed by atoms with E-state index in [1.807, 2.05) is 13.1 Å². The lowest BCUT2D eigenvalue weighted by Crippen LogP contribution is -2.35. The van der Waals surface area contributed by atoms with Crippen LogP contribution in [0.5, 0.6) is 5.75 Å². The van der Waals surface area contributed by atoms with E-state index >= 15 is 0 Å². The van der Waals surface area contributed by atoms with Gasteiger partial charge in [-0.2, -0.15) is 26.3 Å². The maximum absolute atomic E-state index is 13.3. The number of rotatable bonds is 8. The van der Waals surface area contributed by atoms with Gasteiger partial charge in [0, 0.05) is 55.4 Å². The number of alkyl halides is 6. The summed E-state index contributed by atoms with van der Waals surface area (Å²) in [6, 6.07) is 11.0. The van der Waals surface area contributed by atoms with Crippen LogP contribution in [0.15, 0.2) is 48.7 Å². The van der Waals surface area contributed by atoms with Gasteiger partial charge in [-0.05, 0) is 43.2 Å². The maximum Gasteiger partial charge on any atom is 0.490 e. The molecule has 1 aliphatic heterocycles. The van der Waals surface area contributed by atoms with Crippen molar-refractivity contribution < 1.29 is 50.9 Å². The van der Waals surface area contributed by atoms with Gasteiger partial charge in [-0.15, -0.1) is 0 Å². The molecule has 8 nitrogen and oxygen atoms in total. The van der Waals surface area contributed by atoms with E-state index in [1.165, 1.54) is 12.1 Å². The smallest absolute Gasteiger partial charge is 0.489 e. The number of carboxylic acids is 2. The number of hydrogen-bond donors (Lipinski definition) is 2. The molecule has 0 spiro atoms. The van der Waals surface area contributed by atoms with Crippen LogP contribution < -0.4 is 4.74 Å². The predicted molar refractivity (Wildman–Crippen MR) is 142 cm³/mol. The van der Waals surface area contributed by atoms with E-state index in [-0.39, 0.29) is 24.5 Å². The summed E-state index contributed by atoms with van der Waals surface area (Å²) in [6.07, 6.45) is -6.81. The first-order valence-corrected chi connectivity index (χ1v) is 13.0. The fourth-order valence-electron chi connectivity index (χ4n) is 4.45. The van der Waals surface area contributed by atoms with Gasteiger partial charge in [-0.3, -0.25) is 9.69 Å². The second-order valence-corrected chi connectivity index (χ2v) is 10.1. The average molecular weight is 614 g/mol. The molecule has 1 unspecified atom stereocenters. The Balaban J connectivity index is 0.000000646. The van der Waals surface area contributed by atoms with Crippen molar-refractivity contribution in [1.82, 2.24) is 14.9 Å². The van der Waals surface area contributed by atoms with Gasteiger partial charge in [0.1, 0.15) is 12.4 Å². The zero-order chi connectivity index (χ0) is 31.9. The minimum absolute atomic E-state index is 0.0657. The summed E-state index contributed by atoms with van der Waals surface area (Å²) in [7, 11) is 0. The number of ether oxygens (including phenoxy) is 1. The van der Waals surface area contributed by atoms with Gasteiger partial charge in [-0.1, -0.05) is 24.6 Å². The Kier molecular flexibility index (Phi) is 10.7. The zero-order valence-electron chi connectivity index (χ0n) is 23.2. The van der Waals surface area contributed by atoms with Crippen LogP contribution in [0.2, 0.25) is 0 Å². The highest BCUT2D eigenvalue weighted by atomic mass is 19.4. The van der Waals surface area contributed by atoms with Crippen molar-refractivity contribution in [3.8, 4) is 17.1 Å².